The third-order valence-corrected chi connectivity index (χ3v) is 2.69. The van der Waals surface area contributed by atoms with Crippen LogP contribution in [-0.4, -0.2) is 16.2 Å². The second-order valence-electron chi connectivity index (χ2n) is 3.78. The van der Waals surface area contributed by atoms with Gasteiger partial charge in [0, 0.05) is 0 Å². The van der Waals surface area contributed by atoms with E-state index in [1.54, 1.807) is 6.07 Å². The van der Waals surface area contributed by atoms with Crippen LogP contribution in [0.15, 0.2) is 30.3 Å². The van der Waals surface area contributed by atoms with E-state index in [0.717, 1.165) is 10.9 Å². The van der Waals surface area contributed by atoms with Gasteiger partial charge in [-0.2, -0.15) is 0 Å². The molecule has 0 amide bonds. The van der Waals surface area contributed by atoms with Crippen LogP contribution in [0.5, 0.6) is 0 Å². The van der Waals surface area contributed by atoms with E-state index in [1.165, 1.54) is 6.07 Å². The summed E-state index contributed by atoms with van der Waals surface area (Å²) in [5, 5.41) is 19.8. The molecule has 0 bridgehead atoms. The molecule has 0 unspecified atom stereocenters. The van der Waals surface area contributed by atoms with Crippen molar-refractivity contribution in [3.8, 4) is 0 Å². The molecule has 0 atom stereocenters. The molecule has 2 N–H and O–H groups in total. The molecule has 0 aliphatic heterocycles. The number of hydrogen-bond donors (Lipinski definition) is 2. The average Bonchev–Trinajstić information content (AvgIpc) is 2.28. The first-order valence-electron chi connectivity index (χ1n) is 5.00. The van der Waals surface area contributed by atoms with E-state index in [4.69, 9.17) is 10.2 Å². The normalized spacial score (nSPS) is 10.6. The smallest absolute Gasteiger partial charge is 0.336 e. The molecule has 0 saturated carbocycles. The van der Waals surface area contributed by atoms with Crippen LogP contribution in [0.2, 0.25) is 0 Å². The highest BCUT2D eigenvalue weighted by Crippen LogP contribution is 2.24. The third-order valence-electron chi connectivity index (χ3n) is 2.69. The first kappa shape index (κ1) is 10.6. The van der Waals surface area contributed by atoms with Crippen molar-refractivity contribution in [3.05, 3.63) is 47.0 Å². The number of aliphatic hydroxyl groups excluding tert-OH is 1. The van der Waals surface area contributed by atoms with Crippen LogP contribution in [0, 0.1) is 6.92 Å². The summed E-state index contributed by atoms with van der Waals surface area (Å²) in [5.74, 6) is -0.967. The van der Waals surface area contributed by atoms with Crippen LogP contribution in [0.1, 0.15) is 21.5 Å². The lowest BCUT2D eigenvalue weighted by Gasteiger charge is -2.07. The number of hydrogen-bond acceptors (Lipinski definition) is 2. The molecule has 0 radical (unpaired) electrons. The topological polar surface area (TPSA) is 57.5 Å². The van der Waals surface area contributed by atoms with E-state index in [2.05, 4.69) is 0 Å². The summed E-state index contributed by atoms with van der Waals surface area (Å²) in [7, 11) is 0. The van der Waals surface area contributed by atoms with Gasteiger partial charge in [-0.3, -0.25) is 0 Å². The van der Waals surface area contributed by atoms with Gasteiger partial charge in [0.1, 0.15) is 0 Å². The highest BCUT2D eigenvalue weighted by atomic mass is 16.4. The van der Waals surface area contributed by atoms with Crippen LogP contribution in [0.25, 0.3) is 10.8 Å². The van der Waals surface area contributed by atoms with Crippen LogP contribution in [-0.2, 0) is 6.61 Å². The van der Waals surface area contributed by atoms with E-state index in [-0.39, 0.29) is 12.2 Å². The molecule has 2 rings (SSSR count). The Hall–Kier alpha value is -1.87. The summed E-state index contributed by atoms with van der Waals surface area (Å²) in [5.41, 5.74) is 1.87. The fourth-order valence-electron chi connectivity index (χ4n) is 1.87. The molecule has 0 saturated heterocycles. The maximum Gasteiger partial charge on any atom is 0.336 e. The highest BCUT2D eigenvalue weighted by Gasteiger charge is 2.11. The summed E-state index contributed by atoms with van der Waals surface area (Å²) in [6.07, 6.45) is 0. The van der Waals surface area contributed by atoms with Gasteiger partial charge in [-0.1, -0.05) is 18.2 Å². The molecule has 0 heterocycles. The monoisotopic (exact) mass is 216 g/mol. The summed E-state index contributed by atoms with van der Waals surface area (Å²) in [4.78, 5) is 11.1. The lowest BCUT2D eigenvalue weighted by molar-refractivity contribution is 0.0699. The SMILES string of the molecule is Cc1cccc2c(C(=O)O)cc(CO)cc12. The van der Waals surface area contributed by atoms with E-state index in [0.29, 0.717) is 10.9 Å². The zero-order valence-corrected chi connectivity index (χ0v) is 8.90. The molecule has 3 nitrogen and oxygen atoms in total. The molecule has 0 aliphatic carbocycles. The van der Waals surface area contributed by atoms with E-state index in [9.17, 15) is 4.79 Å². The molecule has 16 heavy (non-hydrogen) atoms. The Morgan fingerprint density at radius 2 is 2.00 bits per heavy atom. The largest absolute Gasteiger partial charge is 0.478 e. The van der Waals surface area contributed by atoms with Crippen molar-refractivity contribution < 1.29 is 15.0 Å². The Labute approximate surface area is 93.0 Å². The van der Waals surface area contributed by atoms with Gasteiger partial charge in [0.05, 0.1) is 12.2 Å². The maximum absolute atomic E-state index is 11.1. The molecular formula is C13H12O3. The zero-order valence-electron chi connectivity index (χ0n) is 8.90. The second kappa shape index (κ2) is 3.94. The Morgan fingerprint density at radius 3 is 2.62 bits per heavy atom. The molecule has 0 spiro atoms. The molecule has 0 aromatic heterocycles. The Balaban J connectivity index is 2.87. The number of carboxylic acid groups (broad SMARTS) is 1. The minimum atomic E-state index is -0.967. The number of aromatic carboxylic acids is 1. The average molecular weight is 216 g/mol. The number of carbonyl (C=O) groups is 1. The van der Waals surface area contributed by atoms with Crippen LogP contribution >= 0.6 is 0 Å². The Kier molecular flexibility index (Phi) is 2.62. The summed E-state index contributed by atoms with van der Waals surface area (Å²) >= 11 is 0. The van der Waals surface area contributed by atoms with Crippen LogP contribution in [0.4, 0.5) is 0 Å². The minimum absolute atomic E-state index is 0.148. The van der Waals surface area contributed by atoms with Crippen molar-refractivity contribution in [2.75, 3.05) is 0 Å². The number of aryl methyl sites for hydroxylation is 1. The summed E-state index contributed by atoms with van der Waals surface area (Å²) in [6.45, 7) is 1.78. The second-order valence-corrected chi connectivity index (χ2v) is 3.78. The summed E-state index contributed by atoms with van der Waals surface area (Å²) in [6, 6.07) is 8.89. The molecule has 3 heteroatoms. The van der Waals surface area contributed by atoms with Gasteiger partial charge in [-0.15, -0.1) is 0 Å². The quantitative estimate of drug-likeness (QED) is 0.810. The van der Waals surface area contributed by atoms with Gasteiger partial charge >= 0.3 is 5.97 Å². The number of carboxylic acids is 1. The third kappa shape index (κ3) is 1.66. The van der Waals surface area contributed by atoms with Crippen molar-refractivity contribution in [2.24, 2.45) is 0 Å². The lowest BCUT2D eigenvalue weighted by Crippen LogP contribution is -2.00. The summed E-state index contributed by atoms with van der Waals surface area (Å²) < 4.78 is 0. The van der Waals surface area contributed by atoms with Crippen molar-refractivity contribution >= 4 is 16.7 Å². The molecule has 2 aromatic carbocycles. The number of rotatable bonds is 2. The van der Waals surface area contributed by atoms with Crippen molar-refractivity contribution in [1.82, 2.24) is 0 Å². The Bertz CT molecular complexity index is 558. The Morgan fingerprint density at radius 1 is 1.25 bits per heavy atom. The fraction of sp³-hybridized carbons (Fsp3) is 0.154. The molecular weight excluding hydrogens is 204 g/mol. The van der Waals surface area contributed by atoms with Crippen LogP contribution < -0.4 is 0 Å². The van der Waals surface area contributed by atoms with E-state index in [1.807, 2.05) is 25.1 Å². The van der Waals surface area contributed by atoms with E-state index < -0.39 is 5.97 Å². The number of aliphatic hydroxyl groups is 1. The number of benzene rings is 2. The van der Waals surface area contributed by atoms with Gasteiger partial charge in [0.15, 0.2) is 0 Å². The zero-order chi connectivity index (χ0) is 11.7. The van der Waals surface area contributed by atoms with Gasteiger partial charge in [0.25, 0.3) is 0 Å². The van der Waals surface area contributed by atoms with Gasteiger partial charge < -0.3 is 10.2 Å². The molecule has 82 valence electrons. The van der Waals surface area contributed by atoms with Crippen molar-refractivity contribution in [3.63, 3.8) is 0 Å². The van der Waals surface area contributed by atoms with Gasteiger partial charge in [-0.05, 0) is 41.0 Å². The predicted molar refractivity (Wildman–Crippen MR) is 61.6 cm³/mol. The van der Waals surface area contributed by atoms with Crippen molar-refractivity contribution in [2.45, 2.75) is 13.5 Å². The molecule has 0 aliphatic rings. The minimum Gasteiger partial charge on any atom is -0.478 e. The van der Waals surface area contributed by atoms with Gasteiger partial charge in [-0.25, -0.2) is 4.79 Å². The standard InChI is InChI=1S/C13H12O3/c1-8-3-2-4-10-11(8)5-9(7-14)6-12(10)13(15)16/h2-6,14H,7H2,1H3,(H,15,16). The maximum atomic E-state index is 11.1. The first-order valence-corrected chi connectivity index (χ1v) is 5.00. The predicted octanol–water partition coefficient (Wildman–Crippen LogP) is 2.34. The lowest BCUT2D eigenvalue weighted by atomic mass is 9.98. The van der Waals surface area contributed by atoms with Crippen LogP contribution in [0.3, 0.4) is 0 Å². The molecule has 2 aromatic rings. The van der Waals surface area contributed by atoms with Gasteiger partial charge in [0.2, 0.25) is 0 Å². The highest BCUT2D eigenvalue weighted by molar-refractivity contribution is 6.04. The van der Waals surface area contributed by atoms with Crippen molar-refractivity contribution in [1.29, 1.82) is 0 Å². The molecule has 0 fully saturated rings. The number of fused-ring (bicyclic) bond motifs is 1. The fourth-order valence-corrected chi connectivity index (χ4v) is 1.87. The van der Waals surface area contributed by atoms with E-state index >= 15 is 0 Å². The first-order chi connectivity index (χ1) is 7.63.